The van der Waals surface area contributed by atoms with Crippen LogP contribution in [-0.2, 0) is 22.5 Å². The molecule has 0 saturated carbocycles. The molecule has 3 rings (SSSR count). The van der Waals surface area contributed by atoms with Crippen LogP contribution >= 0.6 is 0 Å². The fourth-order valence-electron chi connectivity index (χ4n) is 3.26. The number of rotatable bonds is 3. The molecule has 108 valence electrons. The van der Waals surface area contributed by atoms with E-state index in [-0.39, 0.29) is 18.4 Å². The molecule has 1 aliphatic heterocycles. The van der Waals surface area contributed by atoms with E-state index >= 15 is 0 Å². The van der Waals surface area contributed by atoms with Gasteiger partial charge in [0.25, 0.3) is 0 Å². The van der Waals surface area contributed by atoms with Gasteiger partial charge in [0.15, 0.2) is 0 Å². The van der Waals surface area contributed by atoms with Gasteiger partial charge >= 0.3 is 12.1 Å². The van der Waals surface area contributed by atoms with Gasteiger partial charge in [0.2, 0.25) is 0 Å². The maximum atomic E-state index is 11.5. The number of fused-ring (bicyclic) bond motifs is 3. The SMILES string of the molecule is CCOC(=O)Cn1ncc2c1CC1CN(C(=O)O)CC21. The number of ether oxygens (including phenoxy) is 1. The molecule has 1 aromatic heterocycles. The molecule has 1 aliphatic carbocycles. The van der Waals surface area contributed by atoms with Crippen LogP contribution in [0.15, 0.2) is 6.20 Å². The number of hydrogen-bond acceptors (Lipinski definition) is 4. The van der Waals surface area contributed by atoms with Crippen LogP contribution in [0.25, 0.3) is 0 Å². The number of aromatic nitrogens is 2. The lowest BCUT2D eigenvalue weighted by atomic mass is 9.98. The maximum Gasteiger partial charge on any atom is 0.407 e. The summed E-state index contributed by atoms with van der Waals surface area (Å²) in [7, 11) is 0. The zero-order valence-electron chi connectivity index (χ0n) is 11.3. The largest absolute Gasteiger partial charge is 0.465 e. The minimum absolute atomic E-state index is 0.130. The van der Waals surface area contributed by atoms with Crippen LogP contribution in [0.1, 0.15) is 24.1 Å². The first-order valence-electron chi connectivity index (χ1n) is 6.78. The van der Waals surface area contributed by atoms with Crippen molar-refractivity contribution in [3.8, 4) is 0 Å². The smallest absolute Gasteiger partial charge is 0.407 e. The normalized spacial score (nSPS) is 23.6. The van der Waals surface area contributed by atoms with Crippen molar-refractivity contribution in [2.24, 2.45) is 5.92 Å². The molecule has 0 radical (unpaired) electrons. The van der Waals surface area contributed by atoms with Gasteiger partial charge in [-0.2, -0.15) is 5.10 Å². The Kier molecular flexibility index (Phi) is 3.11. The lowest BCUT2D eigenvalue weighted by Gasteiger charge is -2.12. The molecule has 1 amide bonds. The number of nitrogens with zero attached hydrogens (tertiary/aromatic N) is 3. The quantitative estimate of drug-likeness (QED) is 0.823. The predicted octanol–water partition coefficient (Wildman–Crippen LogP) is 0.696. The van der Waals surface area contributed by atoms with E-state index in [4.69, 9.17) is 9.84 Å². The van der Waals surface area contributed by atoms with Crippen molar-refractivity contribution < 1.29 is 19.4 Å². The second-order valence-electron chi connectivity index (χ2n) is 5.27. The summed E-state index contributed by atoms with van der Waals surface area (Å²) in [5, 5.41) is 13.3. The second kappa shape index (κ2) is 4.81. The summed E-state index contributed by atoms with van der Waals surface area (Å²) in [4.78, 5) is 24.0. The van der Waals surface area contributed by atoms with Gasteiger partial charge in [-0.15, -0.1) is 0 Å². The highest BCUT2D eigenvalue weighted by Gasteiger charge is 2.43. The Labute approximate surface area is 116 Å². The van der Waals surface area contributed by atoms with E-state index in [2.05, 4.69) is 5.10 Å². The van der Waals surface area contributed by atoms with E-state index in [1.165, 1.54) is 4.90 Å². The third-order valence-electron chi connectivity index (χ3n) is 4.13. The highest BCUT2D eigenvalue weighted by molar-refractivity contribution is 5.69. The highest BCUT2D eigenvalue weighted by Crippen LogP contribution is 2.42. The first kappa shape index (κ1) is 13.0. The molecule has 2 aliphatic rings. The summed E-state index contributed by atoms with van der Waals surface area (Å²) in [6.07, 6.45) is 1.69. The van der Waals surface area contributed by atoms with Gasteiger partial charge in [-0.3, -0.25) is 9.48 Å². The topological polar surface area (TPSA) is 84.7 Å². The van der Waals surface area contributed by atoms with Crippen molar-refractivity contribution in [3.05, 3.63) is 17.5 Å². The number of likely N-dealkylation sites (tertiary alicyclic amines) is 1. The van der Waals surface area contributed by atoms with E-state index in [0.29, 0.717) is 25.6 Å². The fraction of sp³-hybridized carbons (Fsp3) is 0.615. The van der Waals surface area contributed by atoms with E-state index < -0.39 is 6.09 Å². The summed E-state index contributed by atoms with van der Waals surface area (Å²) < 4.78 is 6.62. The number of carbonyl (C=O) groups is 2. The molecule has 1 N–H and O–H groups in total. The van der Waals surface area contributed by atoms with Gasteiger partial charge in [0, 0.05) is 24.7 Å². The average molecular weight is 279 g/mol. The monoisotopic (exact) mass is 279 g/mol. The fourth-order valence-corrected chi connectivity index (χ4v) is 3.26. The Bertz CT molecular complexity index is 554. The van der Waals surface area contributed by atoms with Crippen LogP contribution in [0.2, 0.25) is 0 Å². The molecule has 1 saturated heterocycles. The lowest BCUT2D eigenvalue weighted by molar-refractivity contribution is -0.144. The van der Waals surface area contributed by atoms with Crippen LogP contribution in [-0.4, -0.2) is 51.5 Å². The summed E-state index contributed by atoms with van der Waals surface area (Å²) in [6.45, 7) is 3.36. The number of carboxylic acid groups (broad SMARTS) is 1. The first-order chi connectivity index (χ1) is 9.60. The van der Waals surface area contributed by atoms with Gasteiger partial charge in [-0.1, -0.05) is 0 Å². The molecular formula is C13H17N3O4. The maximum absolute atomic E-state index is 11.5. The van der Waals surface area contributed by atoms with Gasteiger partial charge in [-0.25, -0.2) is 4.79 Å². The number of hydrogen-bond donors (Lipinski definition) is 1. The molecule has 2 atom stereocenters. The standard InChI is InChI=1S/C13H17N3O4/c1-2-20-12(17)7-16-11-3-8-5-15(13(18)19)6-10(8)9(11)4-14-16/h4,8,10H,2-3,5-7H2,1H3,(H,18,19). The highest BCUT2D eigenvalue weighted by atomic mass is 16.5. The average Bonchev–Trinajstić information content (AvgIpc) is 3.01. The third kappa shape index (κ3) is 2.03. The summed E-state index contributed by atoms with van der Waals surface area (Å²) >= 11 is 0. The van der Waals surface area contributed by atoms with Crippen LogP contribution in [0.5, 0.6) is 0 Å². The molecule has 7 heteroatoms. The molecular weight excluding hydrogens is 262 g/mol. The van der Waals surface area contributed by atoms with Crippen molar-refractivity contribution in [1.82, 2.24) is 14.7 Å². The van der Waals surface area contributed by atoms with E-state index in [9.17, 15) is 9.59 Å². The van der Waals surface area contributed by atoms with Crippen molar-refractivity contribution >= 4 is 12.1 Å². The minimum atomic E-state index is -0.861. The third-order valence-corrected chi connectivity index (χ3v) is 4.13. The molecule has 0 aromatic carbocycles. The van der Waals surface area contributed by atoms with Crippen molar-refractivity contribution in [2.45, 2.75) is 25.8 Å². The zero-order chi connectivity index (χ0) is 14.3. The van der Waals surface area contributed by atoms with Gasteiger partial charge in [-0.05, 0) is 24.8 Å². The Balaban J connectivity index is 1.75. The number of esters is 1. The zero-order valence-corrected chi connectivity index (χ0v) is 11.3. The van der Waals surface area contributed by atoms with E-state index in [1.807, 2.05) is 0 Å². The van der Waals surface area contributed by atoms with Crippen LogP contribution in [0.4, 0.5) is 4.79 Å². The van der Waals surface area contributed by atoms with E-state index in [1.54, 1.807) is 17.8 Å². The molecule has 0 spiro atoms. The Morgan fingerprint density at radius 2 is 2.30 bits per heavy atom. The van der Waals surface area contributed by atoms with Crippen LogP contribution < -0.4 is 0 Å². The molecule has 7 nitrogen and oxygen atoms in total. The first-order valence-corrected chi connectivity index (χ1v) is 6.78. The van der Waals surface area contributed by atoms with Crippen LogP contribution in [0, 0.1) is 5.92 Å². The van der Waals surface area contributed by atoms with E-state index in [0.717, 1.165) is 17.7 Å². The van der Waals surface area contributed by atoms with Crippen LogP contribution in [0.3, 0.4) is 0 Å². The van der Waals surface area contributed by atoms with Crippen molar-refractivity contribution in [3.63, 3.8) is 0 Å². The lowest BCUT2D eigenvalue weighted by Crippen LogP contribution is -2.27. The second-order valence-corrected chi connectivity index (χ2v) is 5.27. The molecule has 0 bridgehead atoms. The minimum Gasteiger partial charge on any atom is -0.465 e. The molecule has 2 unspecified atom stereocenters. The predicted molar refractivity (Wildman–Crippen MR) is 68.4 cm³/mol. The molecule has 2 heterocycles. The molecule has 1 aromatic rings. The Morgan fingerprint density at radius 1 is 1.50 bits per heavy atom. The van der Waals surface area contributed by atoms with Gasteiger partial charge in [0.1, 0.15) is 6.54 Å². The van der Waals surface area contributed by atoms with Gasteiger partial charge < -0.3 is 14.7 Å². The molecule has 20 heavy (non-hydrogen) atoms. The van der Waals surface area contributed by atoms with Gasteiger partial charge in [0.05, 0.1) is 12.8 Å². The number of amides is 1. The van der Waals surface area contributed by atoms with Crippen molar-refractivity contribution in [1.29, 1.82) is 0 Å². The van der Waals surface area contributed by atoms with Crippen molar-refractivity contribution in [2.75, 3.05) is 19.7 Å². The summed E-state index contributed by atoms with van der Waals surface area (Å²) in [5.41, 5.74) is 2.14. The Hall–Kier alpha value is -2.05. The number of carbonyl (C=O) groups excluding carboxylic acids is 1. The Morgan fingerprint density at radius 3 is 3.00 bits per heavy atom. The molecule has 1 fully saturated rings. The summed E-state index contributed by atoms with van der Waals surface area (Å²) in [5.74, 6) is 0.243. The summed E-state index contributed by atoms with van der Waals surface area (Å²) in [6, 6.07) is 0.